The van der Waals surface area contributed by atoms with E-state index in [4.69, 9.17) is 0 Å². The highest BCUT2D eigenvalue weighted by atomic mass is 19.4. The lowest BCUT2D eigenvalue weighted by Crippen LogP contribution is -2.49. The Bertz CT molecular complexity index is 1090. The van der Waals surface area contributed by atoms with Crippen molar-refractivity contribution >= 4 is 23.4 Å². The number of aliphatic hydroxyl groups is 1. The fourth-order valence-electron chi connectivity index (χ4n) is 4.16. The molecule has 1 fully saturated rings. The molecule has 3 N–H and O–H groups in total. The van der Waals surface area contributed by atoms with E-state index >= 15 is 0 Å². The smallest absolute Gasteiger partial charge is 0.385 e. The van der Waals surface area contributed by atoms with Crippen molar-refractivity contribution in [1.82, 2.24) is 10.2 Å². The highest BCUT2D eigenvalue weighted by Gasteiger charge is 2.39. The number of likely N-dealkylation sites (tertiary alicyclic amines) is 1. The van der Waals surface area contributed by atoms with Crippen molar-refractivity contribution in [2.24, 2.45) is 0 Å². The molecule has 174 valence electrons. The van der Waals surface area contributed by atoms with E-state index in [0.29, 0.717) is 11.3 Å². The second kappa shape index (κ2) is 8.51. The van der Waals surface area contributed by atoms with Crippen molar-refractivity contribution in [3.05, 3.63) is 65.2 Å². The molecular weight excluding hydrogens is 439 g/mol. The van der Waals surface area contributed by atoms with Gasteiger partial charge in [-0.05, 0) is 42.7 Å². The van der Waals surface area contributed by atoms with Crippen LogP contribution in [-0.4, -0.2) is 46.9 Å². The lowest BCUT2D eigenvalue weighted by molar-refractivity contribution is -0.138. The van der Waals surface area contributed by atoms with E-state index in [9.17, 15) is 32.7 Å². The Hall–Kier alpha value is -3.40. The van der Waals surface area contributed by atoms with Gasteiger partial charge in [-0.2, -0.15) is 13.2 Å². The van der Waals surface area contributed by atoms with Crippen LogP contribution in [0, 0.1) is 0 Å². The monoisotopic (exact) mass is 461 g/mol. The first-order chi connectivity index (χ1) is 15.6. The largest absolute Gasteiger partial charge is 0.416 e. The molecule has 0 aromatic heterocycles. The van der Waals surface area contributed by atoms with E-state index in [1.54, 1.807) is 24.3 Å². The predicted molar refractivity (Wildman–Crippen MR) is 112 cm³/mol. The normalized spacial score (nSPS) is 20.4. The number of hydrogen-bond donors (Lipinski definition) is 3. The molecule has 0 aliphatic carbocycles. The van der Waals surface area contributed by atoms with Crippen molar-refractivity contribution in [2.45, 2.75) is 37.1 Å². The minimum Gasteiger partial charge on any atom is -0.385 e. The first-order valence-electron chi connectivity index (χ1n) is 10.5. The lowest BCUT2D eigenvalue weighted by atomic mass is 9.83. The summed E-state index contributed by atoms with van der Waals surface area (Å²) in [7, 11) is 0. The summed E-state index contributed by atoms with van der Waals surface area (Å²) in [6.07, 6.45) is -4.69. The van der Waals surface area contributed by atoms with Crippen LogP contribution in [0.15, 0.2) is 48.5 Å². The molecular formula is C23H22F3N3O4. The third kappa shape index (κ3) is 4.70. The SMILES string of the molecule is O=C1N[C@H](CC(=O)N2CCC(O)(c3cccc(C(F)(F)F)c3)CC2)C(=O)Nc2ccccc21. The van der Waals surface area contributed by atoms with Gasteiger partial charge in [0.2, 0.25) is 11.8 Å². The zero-order valence-corrected chi connectivity index (χ0v) is 17.5. The quantitative estimate of drug-likeness (QED) is 0.655. The summed E-state index contributed by atoms with van der Waals surface area (Å²) in [5.41, 5.74) is -1.53. The number of carbonyl (C=O) groups excluding carboxylic acids is 3. The molecule has 1 saturated heterocycles. The maximum absolute atomic E-state index is 13.0. The Labute approximate surface area is 187 Å². The van der Waals surface area contributed by atoms with Crippen LogP contribution in [0.25, 0.3) is 0 Å². The number of carbonyl (C=O) groups is 3. The van der Waals surface area contributed by atoms with E-state index in [-0.39, 0.29) is 37.9 Å². The molecule has 2 aromatic rings. The van der Waals surface area contributed by atoms with Gasteiger partial charge in [-0.15, -0.1) is 0 Å². The molecule has 2 heterocycles. The van der Waals surface area contributed by atoms with Crippen LogP contribution < -0.4 is 10.6 Å². The van der Waals surface area contributed by atoms with E-state index in [1.165, 1.54) is 17.0 Å². The summed E-state index contributed by atoms with van der Waals surface area (Å²) >= 11 is 0. The van der Waals surface area contributed by atoms with Crippen molar-refractivity contribution in [3.8, 4) is 0 Å². The second-order valence-electron chi connectivity index (χ2n) is 8.26. The zero-order chi connectivity index (χ0) is 23.8. The molecule has 2 aliphatic heterocycles. The number of amides is 3. The summed E-state index contributed by atoms with van der Waals surface area (Å²) in [5.74, 6) is -1.38. The van der Waals surface area contributed by atoms with Gasteiger partial charge in [0.15, 0.2) is 0 Å². The number of fused-ring (bicyclic) bond motifs is 1. The number of hydrogen-bond acceptors (Lipinski definition) is 4. The molecule has 0 radical (unpaired) electrons. The van der Waals surface area contributed by atoms with Crippen LogP contribution in [0.5, 0.6) is 0 Å². The standard InChI is InChI=1S/C23H22F3N3O4/c24-23(25,26)15-5-3-4-14(12-15)22(33)8-10-29(11-9-22)19(30)13-18-21(32)27-17-7-2-1-6-16(17)20(31)28-18/h1-7,12,18,33H,8-11,13H2,(H,27,32)(H,28,31)/t18-/m1/s1. The predicted octanol–water partition coefficient (Wildman–Crippen LogP) is 2.66. The van der Waals surface area contributed by atoms with E-state index in [1.807, 2.05) is 0 Å². The van der Waals surface area contributed by atoms with Crippen LogP contribution in [0.1, 0.15) is 40.7 Å². The highest BCUT2D eigenvalue weighted by molar-refractivity contribution is 6.10. The van der Waals surface area contributed by atoms with Crippen molar-refractivity contribution in [3.63, 3.8) is 0 Å². The first kappa shape index (κ1) is 22.8. The van der Waals surface area contributed by atoms with Gasteiger partial charge in [0, 0.05) is 13.1 Å². The van der Waals surface area contributed by atoms with Crippen molar-refractivity contribution < 1.29 is 32.7 Å². The molecule has 2 aromatic carbocycles. The summed E-state index contributed by atoms with van der Waals surface area (Å²) in [6.45, 7) is 0.210. The van der Waals surface area contributed by atoms with Crippen LogP contribution in [0.4, 0.5) is 18.9 Å². The molecule has 0 spiro atoms. The summed E-state index contributed by atoms with van der Waals surface area (Å²) in [6, 6.07) is 9.99. The molecule has 7 nitrogen and oxygen atoms in total. The number of rotatable bonds is 3. The maximum Gasteiger partial charge on any atom is 0.416 e. The molecule has 10 heteroatoms. The number of halogens is 3. The summed E-state index contributed by atoms with van der Waals surface area (Å²) in [4.78, 5) is 39.2. The van der Waals surface area contributed by atoms with Crippen LogP contribution in [0.3, 0.4) is 0 Å². The third-order valence-corrected chi connectivity index (χ3v) is 6.10. The molecule has 0 saturated carbocycles. The van der Waals surface area contributed by atoms with E-state index < -0.39 is 41.1 Å². The number of nitrogens with one attached hydrogen (secondary N) is 2. The summed E-state index contributed by atoms with van der Waals surface area (Å²) < 4.78 is 39.1. The van der Waals surface area contributed by atoms with E-state index in [2.05, 4.69) is 10.6 Å². The molecule has 4 rings (SSSR count). The number of nitrogens with zero attached hydrogens (tertiary/aromatic N) is 1. The number of benzene rings is 2. The Balaban J connectivity index is 1.40. The Morgan fingerprint density at radius 3 is 2.48 bits per heavy atom. The van der Waals surface area contributed by atoms with Crippen molar-refractivity contribution in [1.29, 1.82) is 0 Å². The highest BCUT2D eigenvalue weighted by Crippen LogP contribution is 2.37. The van der Waals surface area contributed by atoms with Crippen LogP contribution in [0.2, 0.25) is 0 Å². The first-order valence-corrected chi connectivity index (χ1v) is 10.5. The third-order valence-electron chi connectivity index (χ3n) is 6.10. The molecule has 0 unspecified atom stereocenters. The minimum absolute atomic E-state index is 0.0503. The fourth-order valence-corrected chi connectivity index (χ4v) is 4.16. The van der Waals surface area contributed by atoms with Crippen LogP contribution >= 0.6 is 0 Å². The van der Waals surface area contributed by atoms with Gasteiger partial charge in [0.1, 0.15) is 6.04 Å². The van der Waals surface area contributed by atoms with Gasteiger partial charge in [-0.25, -0.2) is 0 Å². The van der Waals surface area contributed by atoms with Gasteiger partial charge in [-0.1, -0.05) is 24.3 Å². The van der Waals surface area contributed by atoms with Gasteiger partial charge < -0.3 is 20.6 Å². The van der Waals surface area contributed by atoms with E-state index in [0.717, 1.165) is 12.1 Å². The summed E-state index contributed by atoms with van der Waals surface area (Å²) in [5, 5.41) is 16.1. The van der Waals surface area contributed by atoms with Gasteiger partial charge in [0.05, 0.1) is 28.8 Å². The fraction of sp³-hybridized carbons (Fsp3) is 0.348. The molecule has 33 heavy (non-hydrogen) atoms. The molecule has 0 bridgehead atoms. The topological polar surface area (TPSA) is 98.7 Å². The number of para-hydroxylation sites is 1. The van der Waals surface area contributed by atoms with Crippen LogP contribution in [-0.2, 0) is 21.4 Å². The number of alkyl halides is 3. The average Bonchev–Trinajstić information content (AvgIpc) is 2.90. The maximum atomic E-state index is 13.0. The van der Waals surface area contributed by atoms with Gasteiger partial charge in [0.25, 0.3) is 5.91 Å². The van der Waals surface area contributed by atoms with Crippen molar-refractivity contribution in [2.75, 3.05) is 18.4 Å². The lowest BCUT2D eigenvalue weighted by Gasteiger charge is -2.39. The minimum atomic E-state index is -4.52. The Morgan fingerprint density at radius 2 is 1.79 bits per heavy atom. The molecule has 2 aliphatic rings. The molecule has 1 atom stereocenters. The van der Waals surface area contributed by atoms with Gasteiger partial charge in [-0.3, -0.25) is 14.4 Å². The zero-order valence-electron chi connectivity index (χ0n) is 17.5. The van der Waals surface area contributed by atoms with Gasteiger partial charge >= 0.3 is 6.18 Å². The number of anilines is 1. The Morgan fingerprint density at radius 1 is 1.09 bits per heavy atom. The Kier molecular flexibility index (Phi) is 5.87. The average molecular weight is 461 g/mol. The second-order valence-corrected chi connectivity index (χ2v) is 8.26. The molecule has 3 amide bonds. The number of piperidine rings is 1.